The second-order valence-corrected chi connectivity index (χ2v) is 4.79. The first-order chi connectivity index (χ1) is 8.59. The minimum atomic E-state index is 0.877. The maximum atomic E-state index is 6.03. The maximum Gasteiger partial charge on any atom is 0.0349 e. The summed E-state index contributed by atoms with van der Waals surface area (Å²) in [6.45, 7) is 4.21. The first-order valence-electron chi connectivity index (χ1n) is 6.27. The monoisotopic (exact) mass is 240 g/mol. The van der Waals surface area contributed by atoms with Crippen LogP contribution >= 0.6 is 0 Å². The number of rotatable bonds is 3. The number of anilines is 2. The van der Waals surface area contributed by atoms with Gasteiger partial charge in [0.1, 0.15) is 0 Å². The molecule has 0 spiro atoms. The summed E-state index contributed by atoms with van der Waals surface area (Å²) in [7, 11) is 0. The highest BCUT2D eigenvalue weighted by Crippen LogP contribution is 2.22. The van der Waals surface area contributed by atoms with Gasteiger partial charge in [-0.05, 0) is 61.1 Å². The predicted octanol–water partition coefficient (Wildman–Crippen LogP) is 3.25. The number of nitrogens with two attached hydrogens (primary N) is 2. The van der Waals surface area contributed by atoms with E-state index in [1.807, 2.05) is 24.3 Å². The molecule has 2 aromatic carbocycles. The maximum absolute atomic E-state index is 6.03. The van der Waals surface area contributed by atoms with Crippen molar-refractivity contribution in [2.45, 2.75) is 26.7 Å². The van der Waals surface area contributed by atoms with E-state index in [2.05, 4.69) is 26.0 Å². The summed E-state index contributed by atoms with van der Waals surface area (Å²) < 4.78 is 0. The van der Waals surface area contributed by atoms with E-state index in [1.165, 1.54) is 22.3 Å². The van der Waals surface area contributed by atoms with E-state index in [1.54, 1.807) is 0 Å². The van der Waals surface area contributed by atoms with Crippen molar-refractivity contribution in [1.82, 2.24) is 0 Å². The molecular formula is C16H20N2. The first-order valence-corrected chi connectivity index (χ1v) is 6.27. The molecule has 0 bridgehead atoms. The average molecular weight is 240 g/mol. The van der Waals surface area contributed by atoms with E-state index < -0.39 is 0 Å². The molecule has 0 atom stereocenters. The van der Waals surface area contributed by atoms with Gasteiger partial charge in [-0.2, -0.15) is 0 Å². The van der Waals surface area contributed by atoms with Gasteiger partial charge in [-0.15, -0.1) is 0 Å². The van der Waals surface area contributed by atoms with Crippen molar-refractivity contribution in [3.8, 4) is 0 Å². The number of hydrogen-bond acceptors (Lipinski definition) is 2. The first kappa shape index (κ1) is 12.5. The number of nitrogen functional groups attached to an aromatic ring is 2. The van der Waals surface area contributed by atoms with Gasteiger partial charge in [-0.3, -0.25) is 0 Å². The zero-order valence-corrected chi connectivity index (χ0v) is 11.0. The van der Waals surface area contributed by atoms with E-state index in [9.17, 15) is 0 Å². The van der Waals surface area contributed by atoms with E-state index in [-0.39, 0.29) is 0 Å². The van der Waals surface area contributed by atoms with E-state index in [0.717, 1.165) is 24.2 Å². The van der Waals surface area contributed by atoms with Crippen molar-refractivity contribution >= 4 is 11.4 Å². The molecule has 0 aliphatic rings. The lowest BCUT2D eigenvalue weighted by Crippen LogP contribution is -2.03. The summed E-state index contributed by atoms with van der Waals surface area (Å²) in [5.41, 5.74) is 18.8. The van der Waals surface area contributed by atoms with Crippen LogP contribution < -0.4 is 11.5 Å². The van der Waals surface area contributed by atoms with E-state index in [0.29, 0.717) is 0 Å². The molecule has 2 nitrogen and oxygen atoms in total. The van der Waals surface area contributed by atoms with Crippen LogP contribution in [0.4, 0.5) is 11.4 Å². The van der Waals surface area contributed by atoms with Crippen LogP contribution in [0.3, 0.4) is 0 Å². The summed E-state index contributed by atoms with van der Waals surface area (Å²) in [6.07, 6.45) is 1.88. The van der Waals surface area contributed by atoms with Crippen LogP contribution in [0.15, 0.2) is 36.4 Å². The Labute approximate surface area is 109 Å². The number of hydrogen-bond donors (Lipinski definition) is 2. The fourth-order valence-corrected chi connectivity index (χ4v) is 2.38. The summed E-state index contributed by atoms with van der Waals surface area (Å²) in [5, 5.41) is 0. The van der Waals surface area contributed by atoms with Gasteiger partial charge in [0.15, 0.2) is 0 Å². The molecule has 0 saturated carbocycles. The van der Waals surface area contributed by atoms with Gasteiger partial charge in [-0.1, -0.05) is 24.3 Å². The molecule has 0 saturated heterocycles. The summed E-state index contributed by atoms with van der Waals surface area (Å²) in [5.74, 6) is 0. The molecule has 0 unspecified atom stereocenters. The van der Waals surface area contributed by atoms with Gasteiger partial charge >= 0.3 is 0 Å². The Morgan fingerprint density at radius 2 is 1.11 bits per heavy atom. The van der Waals surface area contributed by atoms with Crippen LogP contribution in [0.5, 0.6) is 0 Å². The Bertz CT molecular complexity index is 467. The van der Waals surface area contributed by atoms with Gasteiger partial charge < -0.3 is 11.5 Å². The molecular weight excluding hydrogens is 220 g/mol. The van der Waals surface area contributed by atoms with Crippen LogP contribution in [0.25, 0.3) is 0 Å². The van der Waals surface area contributed by atoms with Crippen LogP contribution in [-0.2, 0) is 12.8 Å². The SMILES string of the molecule is Cc1cccc(N)c1CCc1c(C)cccc1N. The van der Waals surface area contributed by atoms with Crippen molar-refractivity contribution in [3.63, 3.8) is 0 Å². The molecule has 2 heteroatoms. The fraction of sp³-hybridized carbons (Fsp3) is 0.250. The highest BCUT2D eigenvalue weighted by Gasteiger charge is 2.07. The molecule has 2 rings (SSSR count). The van der Waals surface area contributed by atoms with Crippen molar-refractivity contribution < 1.29 is 0 Å². The van der Waals surface area contributed by atoms with E-state index in [4.69, 9.17) is 11.5 Å². The topological polar surface area (TPSA) is 52.0 Å². The molecule has 18 heavy (non-hydrogen) atoms. The minimum absolute atomic E-state index is 0.877. The van der Waals surface area contributed by atoms with Gasteiger partial charge in [-0.25, -0.2) is 0 Å². The second-order valence-electron chi connectivity index (χ2n) is 4.79. The fourth-order valence-electron chi connectivity index (χ4n) is 2.38. The van der Waals surface area contributed by atoms with Crippen LogP contribution in [0.1, 0.15) is 22.3 Å². The van der Waals surface area contributed by atoms with Crippen molar-refractivity contribution in [3.05, 3.63) is 58.7 Å². The number of aryl methyl sites for hydroxylation is 2. The van der Waals surface area contributed by atoms with Gasteiger partial charge in [0.25, 0.3) is 0 Å². The third kappa shape index (κ3) is 2.48. The zero-order chi connectivity index (χ0) is 13.1. The quantitative estimate of drug-likeness (QED) is 0.809. The Kier molecular flexibility index (Phi) is 3.56. The summed E-state index contributed by atoms with van der Waals surface area (Å²) in [6, 6.07) is 12.1. The molecule has 0 heterocycles. The molecule has 0 fully saturated rings. The highest BCUT2D eigenvalue weighted by atomic mass is 14.6. The lowest BCUT2D eigenvalue weighted by atomic mass is 9.96. The Balaban J connectivity index is 2.22. The van der Waals surface area contributed by atoms with Crippen molar-refractivity contribution in [1.29, 1.82) is 0 Å². The van der Waals surface area contributed by atoms with Gasteiger partial charge in [0.05, 0.1) is 0 Å². The van der Waals surface area contributed by atoms with Crippen LogP contribution in [0.2, 0.25) is 0 Å². The largest absolute Gasteiger partial charge is 0.398 e. The molecule has 0 aliphatic carbocycles. The predicted molar refractivity (Wildman–Crippen MR) is 78.6 cm³/mol. The smallest absolute Gasteiger partial charge is 0.0349 e. The molecule has 0 radical (unpaired) electrons. The number of benzene rings is 2. The molecule has 0 aromatic heterocycles. The molecule has 94 valence electrons. The Hall–Kier alpha value is -1.96. The summed E-state index contributed by atoms with van der Waals surface area (Å²) >= 11 is 0. The van der Waals surface area contributed by atoms with Crippen LogP contribution in [-0.4, -0.2) is 0 Å². The molecule has 2 aromatic rings. The average Bonchev–Trinajstić information content (AvgIpc) is 2.31. The normalized spacial score (nSPS) is 10.6. The lowest BCUT2D eigenvalue weighted by Gasteiger charge is -2.12. The Morgan fingerprint density at radius 3 is 1.44 bits per heavy atom. The van der Waals surface area contributed by atoms with E-state index >= 15 is 0 Å². The zero-order valence-electron chi connectivity index (χ0n) is 11.0. The van der Waals surface area contributed by atoms with Crippen molar-refractivity contribution in [2.24, 2.45) is 0 Å². The Morgan fingerprint density at radius 1 is 0.722 bits per heavy atom. The van der Waals surface area contributed by atoms with Gasteiger partial charge in [0.2, 0.25) is 0 Å². The van der Waals surface area contributed by atoms with Crippen LogP contribution in [0, 0.1) is 13.8 Å². The molecule has 0 aliphatic heterocycles. The summed E-state index contributed by atoms with van der Waals surface area (Å²) in [4.78, 5) is 0. The molecule has 4 N–H and O–H groups in total. The highest BCUT2D eigenvalue weighted by molar-refractivity contribution is 5.53. The minimum Gasteiger partial charge on any atom is -0.398 e. The molecule has 0 amide bonds. The van der Waals surface area contributed by atoms with Crippen molar-refractivity contribution in [2.75, 3.05) is 11.5 Å². The second kappa shape index (κ2) is 5.13. The third-order valence-corrected chi connectivity index (χ3v) is 3.52. The standard InChI is InChI=1S/C16H20N2/c1-11-5-3-7-15(17)13(11)9-10-14-12(2)6-4-8-16(14)18/h3-8H,9-10,17-18H2,1-2H3. The lowest BCUT2D eigenvalue weighted by molar-refractivity contribution is 0.945. The van der Waals surface area contributed by atoms with Gasteiger partial charge in [0, 0.05) is 11.4 Å². The third-order valence-electron chi connectivity index (χ3n) is 3.52.